The van der Waals surface area contributed by atoms with Gasteiger partial charge in [0.1, 0.15) is 5.69 Å². The Kier molecular flexibility index (Phi) is 6.41. The van der Waals surface area contributed by atoms with E-state index in [1.54, 1.807) is 12.3 Å². The molecule has 0 saturated carbocycles. The van der Waals surface area contributed by atoms with Gasteiger partial charge in [-0.25, -0.2) is 0 Å². The minimum absolute atomic E-state index is 0.00123. The molecule has 0 aliphatic heterocycles. The number of aliphatic hydroxyl groups is 1. The summed E-state index contributed by atoms with van der Waals surface area (Å²) in [4.78, 5) is 4.03. The lowest BCUT2D eigenvalue weighted by molar-refractivity contribution is 0.113. The van der Waals surface area contributed by atoms with Gasteiger partial charge in [0.25, 0.3) is 0 Å². The van der Waals surface area contributed by atoms with Crippen molar-refractivity contribution in [2.45, 2.75) is 33.2 Å². The molecule has 0 aliphatic rings. The number of amidine groups is 1. The van der Waals surface area contributed by atoms with Crippen LogP contribution in [-0.2, 0) is 6.54 Å². The first-order valence-electron chi connectivity index (χ1n) is 6.85. The van der Waals surface area contributed by atoms with Gasteiger partial charge in [-0.3, -0.25) is 4.98 Å². The van der Waals surface area contributed by atoms with Crippen LogP contribution in [0.5, 0.6) is 0 Å². The van der Waals surface area contributed by atoms with Crippen molar-refractivity contribution in [1.29, 1.82) is 0 Å². The normalized spacial score (nSPS) is 12.7. The summed E-state index contributed by atoms with van der Waals surface area (Å²) in [6.07, 6.45) is 3.49. The number of aromatic nitrogens is 1. The largest absolute Gasteiger partial charge is 0.409 e. The van der Waals surface area contributed by atoms with Gasteiger partial charge >= 0.3 is 0 Å². The molecule has 1 aromatic heterocycles. The fourth-order valence-corrected chi connectivity index (χ4v) is 2.03. The molecular formula is C14H24N4O2. The van der Waals surface area contributed by atoms with Crippen LogP contribution in [-0.4, -0.2) is 34.3 Å². The molecule has 0 unspecified atom stereocenters. The lowest BCUT2D eigenvalue weighted by Gasteiger charge is -2.29. The monoisotopic (exact) mass is 280 g/mol. The van der Waals surface area contributed by atoms with Crippen LogP contribution in [0.4, 0.5) is 0 Å². The summed E-state index contributed by atoms with van der Waals surface area (Å²) in [6, 6.07) is 3.65. The zero-order valence-electron chi connectivity index (χ0n) is 12.1. The van der Waals surface area contributed by atoms with Crippen LogP contribution >= 0.6 is 0 Å². The molecule has 1 rings (SSSR count). The zero-order valence-corrected chi connectivity index (χ0v) is 12.1. The summed E-state index contributed by atoms with van der Waals surface area (Å²) < 4.78 is 0. The maximum Gasteiger partial charge on any atom is 0.188 e. The molecule has 1 aromatic rings. The number of nitrogens with two attached hydrogens (primary N) is 1. The van der Waals surface area contributed by atoms with Crippen LogP contribution in [0.25, 0.3) is 0 Å². The maximum atomic E-state index is 9.51. The number of rotatable bonds is 8. The number of pyridine rings is 1. The second-order valence-corrected chi connectivity index (χ2v) is 5.00. The minimum atomic E-state index is -0.0680. The lowest BCUT2D eigenvalue weighted by atomic mass is 9.83. The highest BCUT2D eigenvalue weighted by Gasteiger charge is 2.24. The number of nitrogens with zero attached hydrogens (tertiary/aromatic N) is 2. The average Bonchev–Trinajstić information content (AvgIpc) is 2.51. The number of hydrogen-bond donors (Lipinski definition) is 4. The summed E-state index contributed by atoms with van der Waals surface area (Å²) in [7, 11) is 0. The van der Waals surface area contributed by atoms with E-state index in [2.05, 4.69) is 29.3 Å². The van der Waals surface area contributed by atoms with E-state index >= 15 is 0 Å². The van der Waals surface area contributed by atoms with Gasteiger partial charge in [0.15, 0.2) is 5.84 Å². The third kappa shape index (κ3) is 4.18. The van der Waals surface area contributed by atoms with Crippen LogP contribution in [0, 0.1) is 5.41 Å². The molecule has 0 bridgehead atoms. The van der Waals surface area contributed by atoms with Gasteiger partial charge in [-0.1, -0.05) is 19.0 Å². The molecule has 0 atom stereocenters. The molecule has 0 aliphatic carbocycles. The fourth-order valence-electron chi connectivity index (χ4n) is 2.03. The van der Waals surface area contributed by atoms with Crippen LogP contribution in [0.15, 0.2) is 23.5 Å². The van der Waals surface area contributed by atoms with Crippen molar-refractivity contribution in [2.24, 2.45) is 16.3 Å². The van der Waals surface area contributed by atoms with Crippen molar-refractivity contribution in [3.05, 3.63) is 29.6 Å². The first-order valence-corrected chi connectivity index (χ1v) is 6.85. The second-order valence-electron chi connectivity index (χ2n) is 5.00. The van der Waals surface area contributed by atoms with E-state index in [0.29, 0.717) is 12.2 Å². The van der Waals surface area contributed by atoms with Gasteiger partial charge < -0.3 is 21.4 Å². The summed E-state index contributed by atoms with van der Waals surface area (Å²) in [5.41, 5.74) is 6.89. The van der Waals surface area contributed by atoms with Crippen molar-refractivity contribution < 1.29 is 10.3 Å². The molecule has 0 aromatic carbocycles. The van der Waals surface area contributed by atoms with Crippen LogP contribution in [0.1, 0.15) is 37.9 Å². The molecule has 6 heteroatoms. The van der Waals surface area contributed by atoms with Gasteiger partial charge in [-0.15, -0.1) is 0 Å². The summed E-state index contributed by atoms with van der Waals surface area (Å²) in [5.74, 6) is -0.00123. The Morgan fingerprint density at radius 3 is 2.70 bits per heavy atom. The zero-order chi connectivity index (χ0) is 15.0. The molecule has 0 fully saturated rings. The summed E-state index contributed by atoms with van der Waals surface area (Å²) in [5, 5.41) is 24.4. The molecule has 6 nitrogen and oxygen atoms in total. The summed E-state index contributed by atoms with van der Waals surface area (Å²) >= 11 is 0. The van der Waals surface area contributed by atoms with E-state index in [1.165, 1.54) is 0 Å². The molecule has 20 heavy (non-hydrogen) atoms. The van der Waals surface area contributed by atoms with Crippen molar-refractivity contribution >= 4 is 5.84 Å². The third-order valence-electron chi connectivity index (χ3n) is 3.86. The van der Waals surface area contributed by atoms with Crippen molar-refractivity contribution in [2.75, 3.05) is 13.2 Å². The number of nitrogens with one attached hydrogen (secondary N) is 1. The van der Waals surface area contributed by atoms with Gasteiger partial charge in [-0.05, 0) is 30.5 Å². The Labute approximate surface area is 119 Å². The Morgan fingerprint density at radius 2 is 2.15 bits per heavy atom. The molecule has 0 radical (unpaired) electrons. The van der Waals surface area contributed by atoms with E-state index in [4.69, 9.17) is 10.9 Å². The highest BCUT2D eigenvalue weighted by Crippen LogP contribution is 2.24. The molecule has 0 saturated heterocycles. The van der Waals surface area contributed by atoms with E-state index < -0.39 is 0 Å². The highest BCUT2D eigenvalue weighted by atomic mass is 16.4. The predicted molar refractivity (Wildman–Crippen MR) is 78.6 cm³/mol. The third-order valence-corrected chi connectivity index (χ3v) is 3.86. The maximum absolute atomic E-state index is 9.51. The van der Waals surface area contributed by atoms with E-state index in [0.717, 1.165) is 24.9 Å². The average molecular weight is 280 g/mol. The quantitative estimate of drug-likeness (QED) is 0.247. The first kappa shape index (κ1) is 16.4. The van der Waals surface area contributed by atoms with Gasteiger partial charge in [0.05, 0.1) is 0 Å². The molecule has 5 N–H and O–H groups in total. The van der Waals surface area contributed by atoms with Gasteiger partial charge in [-0.2, -0.15) is 0 Å². The predicted octanol–water partition coefficient (Wildman–Crippen LogP) is 1.06. The summed E-state index contributed by atoms with van der Waals surface area (Å²) in [6.45, 7) is 5.75. The van der Waals surface area contributed by atoms with Crippen LogP contribution < -0.4 is 11.1 Å². The highest BCUT2D eigenvalue weighted by molar-refractivity contribution is 5.95. The van der Waals surface area contributed by atoms with Crippen molar-refractivity contribution in [1.82, 2.24) is 10.3 Å². The first-order chi connectivity index (χ1) is 9.60. The molecule has 0 amide bonds. The Morgan fingerprint density at radius 1 is 1.45 bits per heavy atom. The molecule has 0 spiro atoms. The fraction of sp³-hybridized carbons (Fsp3) is 0.571. The Balaban J connectivity index is 2.62. The van der Waals surface area contributed by atoms with Crippen LogP contribution in [0.2, 0.25) is 0 Å². The van der Waals surface area contributed by atoms with Gasteiger partial charge in [0, 0.05) is 31.3 Å². The van der Waals surface area contributed by atoms with Crippen molar-refractivity contribution in [3.8, 4) is 0 Å². The topological polar surface area (TPSA) is 104 Å². The van der Waals surface area contributed by atoms with Crippen molar-refractivity contribution in [3.63, 3.8) is 0 Å². The smallest absolute Gasteiger partial charge is 0.188 e. The molecule has 112 valence electrons. The minimum Gasteiger partial charge on any atom is -0.409 e. The Bertz CT molecular complexity index is 436. The number of aliphatic hydroxyl groups excluding tert-OH is 1. The molecule has 1 heterocycles. The number of hydrogen-bond acceptors (Lipinski definition) is 5. The number of oxime groups is 1. The van der Waals surface area contributed by atoms with E-state index in [9.17, 15) is 5.11 Å². The van der Waals surface area contributed by atoms with Crippen LogP contribution in [0.3, 0.4) is 0 Å². The van der Waals surface area contributed by atoms with E-state index in [1.807, 2.05) is 6.07 Å². The Hall–Kier alpha value is -1.66. The standard InChI is InChI=1S/C14H24N4O2/c1-3-14(4-2,10-19)9-16-8-11-5-6-17-12(7-11)13(15)18-20/h5-7,16,19-20H,3-4,8-10H2,1-2H3,(H2,15,18). The van der Waals surface area contributed by atoms with Gasteiger partial charge in [0.2, 0.25) is 0 Å². The second kappa shape index (κ2) is 7.81. The van der Waals surface area contributed by atoms with E-state index in [-0.39, 0.29) is 17.9 Å². The SMILES string of the molecule is CCC(CC)(CO)CNCc1ccnc(/C(N)=N/O)c1. The lowest BCUT2D eigenvalue weighted by Crippen LogP contribution is -2.36. The molecular weight excluding hydrogens is 256 g/mol.